The first-order valence-corrected chi connectivity index (χ1v) is 7.02. The SMILES string of the molecule is Cc1cc(Oc2ccc(CO)cc2Br)cc(C)c1Cl. The van der Waals surface area contributed by atoms with Gasteiger partial charge in [-0.3, -0.25) is 0 Å². The second-order valence-electron chi connectivity index (χ2n) is 4.40. The van der Waals surface area contributed by atoms with E-state index in [0.717, 1.165) is 31.9 Å². The molecule has 0 fully saturated rings. The van der Waals surface area contributed by atoms with Crippen LogP contribution in [0.3, 0.4) is 0 Å². The van der Waals surface area contributed by atoms with Crippen molar-refractivity contribution in [2.75, 3.05) is 0 Å². The molecule has 2 aromatic rings. The molecule has 0 amide bonds. The summed E-state index contributed by atoms with van der Waals surface area (Å²) < 4.78 is 6.65. The lowest BCUT2D eigenvalue weighted by Crippen LogP contribution is -1.90. The van der Waals surface area contributed by atoms with Crippen LogP contribution in [0.1, 0.15) is 16.7 Å². The van der Waals surface area contributed by atoms with Crippen molar-refractivity contribution in [1.29, 1.82) is 0 Å². The summed E-state index contributed by atoms with van der Waals surface area (Å²) in [6.45, 7) is 3.91. The smallest absolute Gasteiger partial charge is 0.141 e. The Hall–Kier alpha value is -1.03. The summed E-state index contributed by atoms with van der Waals surface area (Å²) in [5.41, 5.74) is 2.81. The third-order valence-corrected chi connectivity index (χ3v) is 4.03. The van der Waals surface area contributed by atoms with Gasteiger partial charge in [-0.05, 0) is 70.7 Å². The van der Waals surface area contributed by atoms with Gasteiger partial charge in [0.2, 0.25) is 0 Å². The number of aliphatic hydroxyl groups excluding tert-OH is 1. The summed E-state index contributed by atoms with van der Waals surface area (Å²) in [6.07, 6.45) is 0. The van der Waals surface area contributed by atoms with Crippen molar-refractivity contribution in [3.05, 3.63) is 56.5 Å². The summed E-state index contributed by atoms with van der Waals surface area (Å²) in [7, 11) is 0. The van der Waals surface area contributed by atoms with Gasteiger partial charge in [0.05, 0.1) is 11.1 Å². The highest BCUT2D eigenvalue weighted by atomic mass is 79.9. The molecule has 2 rings (SSSR count). The molecule has 0 saturated carbocycles. The van der Waals surface area contributed by atoms with Gasteiger partial charge in [0.25, 0.3) is 0 Å². The van der Waals surface area contributed by atoms with Gasteiger partial charge in [-0.1, -0.05) is 17.7 Å². The molecule has 0 atom stereocenters. The first-order chi connectivity index (χ1) is 9.01. The highest BCUT2D eigenvalue weighted by Gasteiger charge is 2.07. The van der Waals surface area contributed by atoms with Gasteiger partial charge in [-0.15, -0.1) is 0 Å². The standard InChI is InChI=1S/C15H14BrClO2/c1-9-5-12(6-10(2)15(9)17)19-14-4-3-11(8-18)7-13(14)16/h3-7,18H,8H2,1-2H3. The van der Waals surface area contributed by atoms with E-state index in [0.29, 0.717) is 5.75 Å². The van der Waals surface area contributed by atoms with Crippen molar-refractivity contribution in [3.8, 4) is 11.5 Å². The Bertz CT molecular complexity index is 588. The van der Waals surface area contributed by atoms with E-state index < -0.39 is 0 Å². The van der Waals surface area contributed by atoms with E-state index in [2.05, 4.69) is 15.9 Å². The molecule has 0 spiro atoms. The van der Waals surface area contributed by atoms with Crippen LogP contribution in [-0.4, -0.2) is 5.11 Å². The molecule has 2 nitrogen and oxygen atoms in total. The molecular formula is C15H14BrClO2. The molecule has 19 heavy (non-hydrogen) atoms. The van der Waals surface area contributed by atoms with Crippen LogP contribution in [0.15, 0.2) is 34.8 Å². The number of hydrogen-bond acceptors (Lipinski definition) is 2. The summed E-state index contributed by atoms with van der Waals surface area (Å²) in [6, 6.07) is 9.30. The maximum atomic E-state index is 9.07. The van der Waals surface area contributed by atoms with Gasteiger partial charge in [-0.25, -0.2) is 0 Å². The molecule has 2 aromatic carbocycles. The zero-order chi connectivity index (χ0) is 14.0. The van der Waals surface area contributed by atoms with Crippen molar-refractivity contribution in [2.24, 2.45) is 0 Å². The maximum Gasteiger partial charge on any atom is 0.141 e. The van der Waals surface area contributed by atoms with Crippen LogP contribution < -0.4 is 4.74 Å². The van der Waals surface area contributed by atoms with E-state index in [4.69, 9.17) is 21.4 Å². The fourth-order valence-corrected chi connectivity index (χ4v) is 2.43. The molecule has 0 aromatic heterocycles. The fourth-order valence-electron chi connectivity index (χ4n) is 1.82. The van der Waals surface area contributed by atoms with Crippen molar-refractivity contribution in [3.63, 3.8) is 0 Å². The van der Waals surface area contributed by atoms with Gasteiger partial charge in [0, 0.05) is 5.02 Å². The largest absolute Gasteiger partial charge is 0.456 e. The Balaban J connectivity index is 2.31. The third kappa shape index (κ3) is 3.30. The van der Waals surface area contributed by atoms with Crippen LogP contribution >= 0.6 is 27.5 Å². The van der Waals surface area contributed by atoms with E-state index in [1.54, 1.807) is 0 Å². The zero-order valence-corrected chi connectivity index (χ0v) is 13.0. The van der Waals surface area contributed by atoms with E-state index >= 15 is 0 Å². The first-order valence-electron chi connectivity index (χ1n) is 5.85. The van der Waals surface area contributed by atoms with E-state index in [-0.39, 0.29) is 6.61 Å². The Morgan fingerprint density at radius 1 is 1.16 bits per heavy atom. The molecule has 0 saturated heterocycles. The average molecular weight is 342 g/mol. The molecule has 0 radical (unpaired) electrons. The van der Waals surface area contributed by atoms with Crippen molar-refractivity contribution >= 4 is 27.5 Å². The molecule has 0 aliphatic carbocycles. The minimum absolute atomic E-state index is 0.0119. The zero-order valence-electron chi connectivity index (χ0n) is 10.7. The lowest BCUT2D eigenvalue weighted by atomic mass is 10.1. The number of aliphatic hydroxyl groups is 1. The Morgan fingerprint density at radius 3 is 2.32 bits per heavy atom. The second-order valence-corrected chi connectivity index (χ2v) is 5.63. The van der Waals surface area contributed by atoms with Crippen LogP contribution in [-0.2, 0) is 6.61 Å². The first kappa shape index (κ1) is 14.4. The summed E-state index contributed by atoms with van der Waals surface area (Å²) in [4.78, 5) is 0. The summed E-state index contributed by atoms with van der Waals surface area (Å²) in [5, 5.41) is 9.84. The quantitative estimate of drug-likeness (QED) is 0.851. The van der Waals surface area contributed by atoms with Gasteiger partial charge in [-0.2, -0.15) is 0 Å². The monoisotopic (exact) mass is 340 g/mol. The molecule has 100 valence electrons. The van der Waals surface area contributed by atoms with Gasteiger partial charge < -0.3 is 9.84 Å². The highest BCUT2D eigenvalue weighted by Crippen LogP contribution is 2.33. The summed E-state index contributed by atoms with van der Waals surface area (Å²) >= 11 is 9.57. The predicted molar refractivity (Wildman–Crippen MR) is 81.1 cm³/mol. The van der Waals surface area contributed by atoms with Crippen LogP contribution in [0.5, 0.6) is 11.5 Å². The molecule has 0 unspecified atom stereocenters. The topological polar surface area (TPSA) is 29.5 Å². The average Bonchev–Trinajstić information content (AvgIpc) is 2.38. The van der Waals surface area contributed by atoms with Gasteiger partial charge in [0.15, 0.2) is 0 Å². The second kappa shape index (κ2) is 5.95. The minimum Gasteiger partial charge on any atom is -0.456 e. The number of aryl methyl sites for hydroxylation is 2. The van der Waals surface area contributed by atoms with Crippen molar-refractivity contribution in [2.45, 2.75) is 20.5 Å². The molecule has 1 N–H and O–H groups in total. The normalized spacial score (nSPS) is 10.6. The molecule has 0 bridgehead atoms. The van der Waals surface area contributed by atoms with Crippen LogP contribution in [0.4, 0.5) is 0 Å². The van der Waals surface area contributed by atoms with Crippen LogP contribution in [0.25, 0.3) is 0 Å². The fraction of sp³-hybridized carbons (Fsp3) is 0.200. The molecule has 4 heteroatoms. The lowest BCUT2D eigenvalue weighted by Gasteiger charge is -2.11. The van der Waals surface area contributed by atoms with E-state index in [1.165, 1.54) is 0 Å². The predicted octanol–water partition coefficient (Wildman–Crippen LogP) is 5.00. The van der Waals surface area contributed by atoms with Crippen LogP contribution in [0.2, 0.25) is 5.02 Å². The molecule has 0 aliphatic rings. The van der Waals surface area contributed by atoms with Crippen molar-refractivity contribution in [1.82, 2.24) is 0 Å². The van der Waals surface area contributed by atoms with Crippen LogP contribution in [0, 0.1) is 13.8 Å². The third-order valence-electron chi connectivity index (χ3n) is 2.82. The number of benzene rings is 2. The number of ether oxygens (including phenoxy) is 1. The van der Waals surface area contributed by atoms with Gasteiger partial charge in [0.1, 0.15) is 11.5 Å². The number of hydrogen-bond donors (Lipinski definition) is 1. The Morgan fingerprint density at radius 2 is 1.79 bits per heavy atom. The van der Waals surface area contributed by atoms with E-state index in [9.17, 15) is 0 Å². The Kier molecular flexibility index (Phi) is 4.50. The maximum absolute atomic E-state index is 9.07. The molecular weight excluding hydrogens is 328 g/mol. The number of rotatable bonds is 3. The molecule has 0 heterocycles. The molecule has 0 aliphatic heterocycles. The van der Waals surface area contributed by atoms with Gasteiger partial charge >= 0.3 is 0 Å². The highest BCUT2D eigenvalue weighted by molar-refractivity contribution is 9.10. The number of halogens is 2. The van der Waals surface area contributed by atoms with Crippen molar-refractivity contribution < 1.29 is 9.84 Å². The van der Waals surface area contributed by atoms with E-state index in [1.807, 2.05) is 44.2 Å². The summed E-state index contributed by atoms with van der Waals surface area (Å²) in [5.74, 6) is 1.45. The lowest BCUT2D eigenvalue weighted by molar-refractivity contribution is 0.281. The Labute approximate surface area is 126 Å². The minimum atomic E-state index is 0.0119.